The molecule has 3 nitrogen and oxygen atoms in total. The maximum atomic E-state index is 4.20. The Hall–Kier alpha value is -2.16. The monoisotopic (exact) mass is 239 g/mol. The van der Waals surface area contributed by atoms with Crippen molar-refractivity contribution >= 4 is 17.1 Å². The summed E-state index contributed by atoms with van der Waals surface area (Å²) in [7, 11) is 0. The maximum absolute atomic E-state index is 4.20. The molecular weight excluding hydrogens is 222 g/mol. The van der Waals surface area contributed by atoms with E-state index in [9.17, 15) is 0 Å². The van der Waals surface area contributed by atoms with Crippen LogP contribution in [0, 0.1) is 0 Å². The van der Waals surface area contributed by atoms with Crippen LogP contribution >= 0.6 is 0 Å². The topological polar surface area (TPSA) is 36.8 Å². The Morgan fingerprint density at radius 3 is 2.06 bits per heavy atom. The Bertz CT molecular complexity index is 489. The number of nitrogens with zero attached hydrogens (tertiary/aromatic N) is 2. The first kappa shape index (κ1) is 12.3. The fourth-order valence-corrected chi connectivity index (χ4v) is 1.53. The van der Waals surface area contributed by atoms with Gasteiger partial charge in [0.25, 0.3) is 0 Å². The SMILES string of the molecule is CCCNc1ccc(N=Nc2ccccc2)cc1. The third kappa shape index (κ3) is 3.70. The van der Waals surface area contributed by atoms with Gasteiger partial charge in [-0.15, -0.1) is 0 Å². The molecule has 0 heterocycles. The number of nitrogens with one attached hydrogen (secondary N) is 1. The fraction of sp³-hybridized carbons (Fsp3) is 0.200. The van der Waals surface area contributed by atoms with Gasteiger partial charge < -0.3 is 5.32 Å². The standard InChI is InChI=1S/C15H17N3/c1-2-12-16-13-8-10-15(11-9-13)18-17-14-6-4-3-5-7-14/h3-11,16H,2,12H2,1H3. The Morgan fingerprint density at radius 1 is 0.833 bits per heavy atom. The van der Waals surface area contributed by atoms with Gasteiger partial charge in [0.05, 0.1) is 11.4 Å². The zero-order valence-corrected chi connectivity index (χ0v) is 10.5. The predicted molar refractivity (Wildman–Crippen MR) is 75.8 cm³/mol. The highest BCUT2D eigenvalue weighted by Gasteiger charge is 1.92. The van der Waals surface area contributed by atoms with Gasteiger partial charge in [-0.25, -0.2) is 0 Å². The van der Waals surface area contributed by atoms with E-state index >= 15 is 0 Å². The summed E-state index contributed by atoms with van der Waals surface area (Å²) in [6.07, 6.45) is 1.12. The van der Waals surface area contributed by atoms with Crippen molar-refractivity contribution in [1.82, 2.24) is 0 Å². The van der Waals surface area contributed by atoms with Crippen molar-refractivity contribution in [2.75, 3.05) is 11.9 Å². The summed E-state index contributed by atoms with van der Waals surface area (Å²) in [4.78, 5) is 0. The number of hydrogen-bond acceptors (Lipinski definition) is 3. The molecule has 0 atom stereocenters. The maximum Gasteiger partial charge on any atom is 0.0858 e. The van der Waals surface area contributed by atoms with Crippen molar-refractivity contribution in [2.45, 2.75) is 13.3 Å². The molecule has 92 valence electrons. The van der Waals surface area contributed by atoms with E-state index in [1.807, 2.05) is 54.6 Å². The van der Waals surface area contributed by atoms with Gasteiger partial charge in [-0.2, -0.15) is 10.2 Å². The van der Waals surface area contributed by atoms with E-state index in [0.717, 1.165) is 30.0 Å². The Kier molecular flexibility index (Phi) is 4.47. The highest BCUT2D eigenvalue weighted by Crippen LogP contribution is 2.19. The molecule has 0 amide bonds. The van der Waals surface area contributed by atoms with Gasteiger partial charge in [0.15, 0.2) is 0 Å². The lowest BCUT2D eigenvalue weighted by Crippen LogP contribution is -1.98. The molecule has 0 bridgehead atoms. The van der Waals surface area contributed by atoms with Gasteiger partial charge in [-0.1, -0.05) is 25.1 Å². The summed E-state index contributed by atoms with van der Waals surface area (Å²) in [5.41, 5.74) is 2.85. The molecule has 0 aromatic heterocycles. The molecule has 2 aromatic rings. The predicted octanol–water partition coefficient (Wildman–Crippen LogP) is 4.92. The van der Waals surface area contributed by atoms with Crippen molar-refractivity contribution in [2.24, 2.45) is 10.2 Å². The molecule has 2 aromatic carbocycles. The summed E-state index contributed by atoms with van der Waals surface area (Å²) in [5.74, 6) is 0. The minimum atomic E-state index is 0.862. The summed E-state index contributed by atoms with van der Waals surface area (Å²) in [5, 5.41) is 11.7. The van der Waals surface area contributed by atoms with Crippen LogP contribution in [0.3, 0.4) is 0 Å². The number of rotatable bonds is 5. The average Bonchev–Trinajstić information content (AvgIpc) is 2.45. The molecule has 18 heavy (non-hydrogen) atoms. The number of hydrogen-bond donors (Lipinski definition) is 1. The first-order valence-corrected chi connectivity index (χ1v) is 6.19. The Balaban J connectivity index is 2.00. The number of anilines is 1. The first-order chi connectivity index (χ1) is 8.88. The van der Waals surface area contributed by atoms with Crippen molar-refractivity contribution in [3.63, 3.8) is 0 Å². The van der Waals surface area contributed by atoms with Crippen LogP contribution in [0.25, 0.3) is 0 Å². The molecular formula is C15H17N3. The van der Waals surface area contributed by atoms with Crippen molar-refractivity contribution in [3.05, 3.63) is 54.6 Å². The van der Waals surface area contributed by atoms with Crippen LogP contribution in [-0.2, 0) is 0 Å². The van der Waals surface area contributed by atoms with E-state index in [4.69, 9.17) is 0 Å². The molecule has 0 fully saturated rings. The van der Waals surface area contributed by atoms with E-state index in [1.54, 1.807) is 0 Å². The highest BCUT2D eigenvalue weighted by atomic mass is 15.1. The van der Waals surface area contributed by atoms with Gasteiger partial charge in [-0.05, 0) is 42.8 Å². The van der Waals surface area contributed by atoms with Crippen LogP contribution < -0.4 is 5.32 Å². The van der Waals surface area contributed by atoms with Crippen LogP contribution in [0.5, 0.6) is 0 Å². The first-order valence-electron chi connectivity index (χ1n) is 6.19. The minimum absolute atomic E-state index is 0.862. The van der Waals surface area contributed by atoms with Crippen molar-refractivity contribution in [1.29, 1.82) is 0 Å². The lowest BCUT2D eigenvalue weighted by atomic mass is 10.3. The van der Waals surface area contributed by atoms with Crippen molar-refractivity contribution < 1.29 is 0 Å². The third-order valence-corrected chi connectivity index (χ3v) is 2.48. The molecule has 0 saturated carbocycles. The van der Waals surface area contributed by atoms with Crippen LogP contribution in [0.4, 0.5) is 17.1 Å². The van der Waals surface area contributed by atoms with E-state index in [-0.39, 0.29) is 0 Å². The fourth-order valence-electron chi connectivity index (χ4n) is 1.53. The quantitative estimate of drug-likeness (QED) is 0.738. The van der Waals surface area contributed by atoms with E-state index in [0.29, 0.717) is 0 Å². The van der Waals surface area contributed by atoms with Crippen LogP contribution in [0.15, 0.2) is 64.8 Å². The normalized spacial score (nSPS) is 10.7. The largest absolute Gasteiger partial charge is 0.385 e. The van der Waals surface area contributed by atoms with E-state index in [1.165, 1.54) is 0 Å². The molecule has 1 N–H and O–H groups in total. The lowest BCUT2D eigenvalue weighted by Gasteiger charge is -2.03. The summed E-state index contributed by atoms with van der Waals surface area (Å²) in [6.45, 7) is 3.14. The second-order valence-corrected chi connectivity index (χ2v) is 4.01. The van der Waals surface area contributed by atoms with Gasteiger partial charge in [0.1, 0.15) is 0 Å². The smallest absolute Gasteiger partial charge is 0.0858 e. The summed E-state index contributed by atoms with van der Waals surface area (Å²) < 4.78 is 0. The van der Waals surface area contributed by atoms with Gasteiger partial charge in [0, 0.05) is 12.2 Å². The van der Waals surface area contributed by atoms with Gasteiger partial charge in [0.2, 0.25) is 0 Å². The van der Waals surface area contributed by atoms with Crippen LogP contribution in [0.2, 0.25) is 0 Å². The number of azo groups is 1. The average molecular weight is 239 g/mol. The summed E-state index contributed by atoms with van der Waals surface area (Å²) in [6, 6.07) is 17.7. The zero-order chi connectivity index (χ0) is 12.6. The zero-order valence-electron chi connectivity index (χ0n) is 10.5. The third-order valence-electron chi connectivity index (χ3n) is 2.48. The highest BCUT2D eigenvalue weighted by molar-refractivity contribution is 5.50. The van der Waals surface area contributed by atoms with Gasteiger partial charge in [-0.3, -0.25) is 0 Å². The number of benzene rings is 2. The second kappa shape index (κ2) is 6.55. The Morgan fingerprint density at radius 2 is 1.44 bits per heavy atom. The summed E-state index contributed by atoms with van der Waals surface area (Å²) >= 11 is 0. The molecule has 2 rings (SSSR count). The molecule has 3 heteroatoms. The molecule has 0 unspecified atom stereocenters. The van der Waals surface area contributed by atoms with Crippen molar-refractivity contribution in [3.8, 4) is 0 Å². The van der Waals surface area contributed by atoms with Crippen LogP contribution in [-0.4, -0.2) is 6.54 Å². The minimum Gasteiger partial charge on any atom is -0.385 e. The van der Waals surface area contributed by atoms with Crippen LogP contribution in [0.1, 0.15) is 13.3 Å². The lowest BCUT2D eigenvalue weighted by molar-refractivity contribution is 0.980. The molecule has 0 spiro atoms. The molecule has 0 aliphatic carbocycles. The molecule has 0 aliphatic heterocycles. The molecule has 0 radical (unpaired) electrons. The second-order valence-electron chi connectivity index (χ2n) is 4.01. The van der Waals surface area contributed by atoms with Gasteiger partial charge >= 0.3 is 0 Å². The molecule has 0 saturated heterocycles. The van der Waals surface area contributed by atoms with E-state index < -0.39 is 0 Å². The molecule has 0 aliphatic rings. The van der Waals surface area contributed by atoms with E-state index in [2.05, 4.69) is 22.5 Å². The Labute approximate surface area is 108 Å².